The van der Waals surface area contributed by atoms with Gasteiger partial charge >= 0.3 is 5.97 Å². The second kappa shape index (κ2) is 5.38. The molecule has 28 heavy (non-hydrogen) atoms. The van der Waals surface area contributed by atoms with Crippen LogP contribution in [0.4, 0.5) is 5.69 Å². The van der Waals surface area contributed by atoms with Crippen molar-refractivity contribution in [3.05, 3.63) is 41.5 Å². The zero-order valence-corrected chi connectivity index (χ0v) is 16.7. The molecular formula is C22H29N2O4+. The van der Waals surface area contributed by atoms with Crippen LogP contribution in [0, 0.1) is 11.3 Å². The molecule has 5 aliphatic rings. The maximum Gasteiger partial charge on any atom is 0.316 e. The zero-order chi connectivity index (χ0) is 19.9. The smallest absolute Gasteiger partial charge is 0.316 e. The lowest BCUT2D eigenvalue weighted by Gasteiger charge is -2.58. The van der Waals surface area contributed by atoms with Gasteiger partial charge in [0, 0.05) is 18.0 Å². The Labute approximate surface area is 165 Å². The summed E-state index contributed by atoms with van der Waals surface area (Å²) in [7, 11) is 3.59. The van der Waals surface area contributed by atoms with E-state index in [-0.39, 0.29) is 18.5 Å². The molecule has 0 radical (unpaired) electrons. The Morgan fingerprint density at radius 2 is 2.18 bits per heavy atom. The third-order valence-electron chi connectivity index (χ3n) is 8.64. The number of carbonyl (C=O) groups is 1. The number of likely N-dealkylation sites (N-methyl/N-ethyl adjacent to an activating group) is 1. The second-order valence-electron chi connectivity index (χ2n) is 9.16. The number of hydrogen-bond donors (Lipinski definition) is 3. The van der Waals surface area contributed by atoms with Gasteiger partial charge in [0.25, 0.3) is 0 Å². The number of quaternary nitrogens is 1. The summed E-state index contributed by atoms with van der Waals surface area (Å²) in [5.74, 6) is -0.629. The molecule has 6 atom stereocenters. The highest BCUT2D eigenvalue weighted by atomic mass is 16.5. The lowest BCUT2D eigenvalue weighted by Crippen LogP contribution is -2.78. The predicted molar refractivity (Wildman–Crippen MR) is 104 cm³/mol. The quantitative estimate of drug-likeness (QED) is 0.407. The van der Waals surface area contributed by atoms with Gasteiger partial charge in [-0.25, -0.2) is 0 Å². The van der Waals surface area contributed by atoms with Gasteiger partial charge in [0.2, 0.25) is 5.66 Å². The maximum atomic E-state index is 13.5. The molecule has 1 saturated carbocycles. The summed E-state index contributed by atoms with van der Waals surface area (Å²) in [6.07, 6.45) is 2.59. The van der Waals surface area contributed by atoms with Gasteiger partial charge in [0.15, 0.2) is 0 Å². The van der Waals surface area contributed by atoms with E-state index in [9.17, 15) is 15.0 Å². The number of fused-ring (bicyclic) bond motifs is 3. The first-order valence-corrected chi connectivity index (χ1v) is 10.1. The molecule has 150 valence electrons. The number of aliphatic hydroxyl groups excluding tert-OH is 2. The van der Waals surface area contributed by atoms with Crippen molar-refractivity contribution in [2.75, 3.05) is 39.2 Å². The third kappa shape index (κ3) is 1.52. The van der Waals surface area contributed by atoms with Crippen LogP contribution in [-0.2, 0) is 14.9 Å². The van der Waals surface area contributed by atoms with E-state index < -0.39 is 22.6 Å². The van der Waals surface area contributed by atoms with Crippen LogP contribution in [0.25, 0.3) is 0 Å². The van der Waals surface area contributed by atoms with Crippen molar-refractivity contribution in [1.82, 2.24) is 0 Å². The molecule has 1 unspecified atom stereocenters. The van der Waals surface area contributed by atoms with Gasteiger partial charge in [0.05, 0.1) is 32.7 Å². The van der Waals surface area contributed by atoms with Gasteiger partial charge < -0.3 is 20.3 Å². The van der Waals surface area contributed by atoms with E-state index in [1.165, 1.54) is 7.11 Å². The van der Waals surface area contributed by atoms with Crippen LogP contribution in [0.3, 0.4) is 0 Å². The van der Waals surface area contributed by atoms with Crippen LogP contribution >= 0.6 is 0 Å². The van der Waals surface area contributed by atoms with E-state index in [0.29, 0.717) is 17.3 Å². The number of ether oxygens (including phenoxy) is 1. The van der Waals surface area contributed by atoms with Gasteiger partial charge in [-0.3, -0.25) is 9.28 Å². The normalized spacial score (nSPS) is 46.7. The van der Waals surface area contributed by atoms with E-state index in [2.05, 4.69) is 24.5 Å². The monoisotopic (exact) mass is 385 g/mol. The fourth-order valence-corrected chi connectivity index (χ4v) is 7.70. The summed E-state index contributed by atoms with van der Waals surface area (Å²) < 4.78 is 5.98. The van der Waals surface area contributed by atoms with E-state index in [1.54, 1.807) is 0 Å². The van der Waals surface area contributed by atoms with Gasteiger partial charge in [-0.1, -0.05) is 24.3 Å². The molecule has 6 nitrogen and oxygen atoms in total. The molecule has 4 heterocycles. The van der Waals surface area contributed by atoms with Crippen LogP contribution in [0.1, 0.15) is 25.3 Å². The number of anilines is 1. The lowest BCUT2D eigenvalue weighted by atomic mass is 9.45. The highest BCUT2D eigenvalue weighted by Crippen LogP contribution is 2.74. The summed E-state index contributed by atoms with van der Waals surface area (Å²) in [6, 6.07) is 8.04. The van der Waals surface area contributed by atoms with Crippen LogP contribution in [0.15, 0.2) is 35.9 Å². The molecule has 1 aromatic rings. The second-order valence-corrected chi connectivity index (χ2v) is 9.16. The van der Waals surface area contributed by atoms with Crippen molar-refractivity contribution in [3.8, 4) is 0 Å². The Bertz CT molecular complexity index is 900. The molecule has 1 aromatic carbocycles. The summed E-state index contributed by atoms with van der Waals surface area (Å²) in [4.78, 5) is 13.5. The first-order chi connectivity index (χ1) is 13.4. The number of aliphatic hydroxyl groups is 2. The molecule has 3 saturated heterocycles. The van der Waals surface area contributed by atoms with Crippen molar-refractivity contribution < 1.29 is 24.2 Å². The fourth-order valence-electron chi connectivity index (χ4n) is 7.70. The highest BCUT2D eigenvalue weighted by Gasteiger charge is 2.88. The number of hydrogen-bond acceptors (Lipinski definition) is 5. The van der Waals surface area contributed by atoms with Crippen LogP contribution < -0.4 is 5.32 Å². The molecule has 1 aliphatic carbocycles. The molecule has 4 fully saturated rings. The minimum absolute atomic E-state index is 0.258. The van der Waals surface area contributed by atoms with Gasteiger partial charge in [-0.2, -0.15) is 0 Å². The van der Waals surface area contributed by atoms with Crippen molar-refractivity contribution in [2.24, 2.45) is 11.3 Å². The number of nitrogens with one attached hydrogen (secondary N) is 1. The summed E-state index contributed by atoms with van der Waals surface area (Å²) in [6.45, 7) is 3.26. The molecule has 4 bridgehead atoms. The average molecular weight is 385 g/mol. The van der Waals surface area contributed by atoms with Crippen molar-refractivity contribution in [3.63, 3.8) is 0 Å². The number of allylic oxidation sites excluding steroid dienone is 1. The average Bonchev–Trinajstić information content (AvgIpc) is 3.12. The summed E-state index contributed by atoms with van der Waals surface area (Å²) in [5.41, 5.74) is 0.476. The van der Waals surface area contributed by atoms with Crippen molar-refractivity contribution in [1.29, 1.82) is 0 Å². The molecule has 4 aliphatic heterocycles. The van der Waals surface area contributed by atoms with Crippen molar-refractivity contribution >= 4 is 11.7 Å². The molecular weight excluding hydrogens is 356 g/mol. The first-order valence-electron chi connectivity index (χ1n) is 10.1. The van der Waals surface area contributed by atoms with E-state index in [0.717, 1.165) is 29.9 Å². The summed E-state index contributed by atoms with van der Waals surface area (Å²) >= 11 is 0. The highest BCUT2D eigenvalue weighted by molar-refractivity contribution is 5.85. The maximum absolute atomic E-state index is 13.5. The van der Waals surface area contributed by atoms with Gasteiger partial charge in [-0.15, -0.1) is 0 Å². The lowest BCUT2D eigenvalue weighted by molar-refractivity contribution is -0.944. The standard InChI is InChI=1S/C22H29N2O4/c1-4-14-12-24(2)10-9-21-15-7-5-6-8-17(15)23-22(21,24)18(26)11-16(14)20(21,13-25)19(27)28-3/h4-8,16,18,23,25-26H,9-13H2,1-3H3/q+1/t16-,18-,20-,21-,22-,24?/m0/s1. The van der Waals surface area contributed by atoms with Crippen LogP contribution in [0.5, 0.6) is 0 Å². The van der Waals surface area contributed by atoms with Gasteiger partial charge in [0.1, 0.15) is 18.1 Å². The Morgan fingerprint density at radius 3 is 2.86 bits per heavy atom. The Morgan fingerprint density at radius 1 is 1.43 bits per heavy atom. The molecule has 6 rings (SSSR count). The summed E-state index contributed by atoms with van der Waals surface area (Å²) in [5, 5.41) is 26.2. The molecule has 6 heteroatoms. The topological polar surface area (TPSA) is 78.8 Å². The third-order valence-corrected chi connectivity index (χ3v) is 8.64. The van der Waals surface area contributed by atoms with Gasteiger partial charge in [-0.05, 0) is 30.5 Å². The van der Waals surface area contributed by atoms with E-state index in [1.807, 2.05) is 25.1 Å². The Kier molecular flexibility index (Phi) is 3.49. The first kappa shape index (κ1) is 18.2. The number of rotatable bonds is 2. The fraction of sp³-hybridized carbons (Fsp3) is 0.591. The SMILES string of the molecule is CC=C1C[N+]2(C)CC[C@@]34c5ccccc5N[C@]32[C@@H](O)C[C@@H]1[C@@]4(CO)C(=O)OC. The Balaban J connectivity index is 1.96. The van der Waals surface area contributed by atoms with E-state index >= 15 is 0 Å². The zero-order valence-electron chi connectivity index (χ0n) is 16.7. The Hall–Kier alpha value is -1.89. The predicted octanol–water partition coefficient (Wildman–Crippen LogP) is 1.39. The largest absolute Gasteiger partial charge is 0.468 e. The molecule has 0 amide bonds. The number of nitrogens with zero attached hydrogens (tertiary/aromatic N) is 1. The molecule has 1 spiro atoms. The molecule has 0 aromatic heterocycles. The minimum Gasteiger partial charge on any atom is -0.468 e. The molecule has 3 N–H and O–H groups in total. The number of para-hydroxylation sites is 1. The van der Waals surface area contributed by atoms with Crippen molar-refractivity contribution in [2.45, 2.75) is 36.9 Å². The minimum atomic E-state index is -1.13. The van der Waals surface area contributed by atoms with Crippen LogP contribution in [-0.4, -0.2) is 66.3 Å². The number of carbonyl (C=O) groups excluding carboxylic acids is 1. The van der Waals surface area contributed by atoms with Crippen LogP contribution in [0.2, 0.25) is 0 Å². The number of benzene rings is 1. The number of methoxy groups -OCH3 is 1. The van der Waals surface area contributed by atoms with E-state index in [4.69, 9.17) is 4.74 Å². The number of esters is 1.